The minimum absolute atomic E-state index is 0.0786. The van der Waals surface area contributed by atoms with Gasteiger partial charge < -0.3 is 20.1 Å². The summed E-state index contributed by atoms with van der Waals surface area (Å²) >= 11 is 0. The van der Waals surface area contributed by atoms with E-state index in [1.165, 1.54) is 5.57 Å². The van der Waals surface area contributed by atoms with Gasteiger partial charge in [0.25, 0.3) is 0 Å². The van der Waals surface area contributed by atoms with E-state index < -0.39 is 0 Å². The number of epoxide rings is 1. The molecule has 0 aromatic heterocycles. The fraction of sp³-hybridized carbons (Fsp3) is 0.900. The third-order valence-corrected chi connectivity index (χ3v) is 8.62. The van der Waals surface area contributed by atoms with E-state index in [-0.39, 0.29) is 46.9 Å². The van der Waals surface area contributed by atoms with Gasteiger partial charge in [-0.15, -0.1) is 0 Å². The van der Waals surface area contributed by atoms with E-state index in [4.69, 9.17) is 4.74 Å². The minimum atomic E-state index is -0.326. The third-order valence-electron chi connectivity index (χ3n) is 8.62. The molecule has 1 aliphatic heterocycles. The molecule has 24 heavy (non-hydrogen) atoms. The Balaban J connectivity index is 1.54. The van der Waals surface area contributed by atoms with Crippen LogP contribution in [0.2, 0.25) is 0 Å². The van der Waals surface area contributed by atoms with Gasteiger partial charge in [0, 0.05) is 23.4 Å². The van der Waals surface area contributed by atoms with Crippen LogP contribution in [-0.2, 0) is 4.74 Å². The Labute approximate surface area is 143 Å². The fourth-order valence-electron chi connectivity index (χ4n) is 7.04. The summed E-state index contributed by atoms with van der Waals surface area (Å²) in [6, 6.07) is 0. The molecule has 5 rings (SSSR count). The number of fused-ring (bicyclic) bond motifs is 5. The second kappa shape index (κ2) is 4.64. The summed E-state index contributed by atoms with van der Waals surface area (Å²) < 4.78 is 5.59. The zero-order valence-corrected chi connectivity index (χ0v) is 14.7. The van der Waals surface area contributed by atoms with Crippen LogP contribution in [0.15, 0.2) is 11.6 Å². The number of hydrogen-bond donors (Lipinski definition) is 3. The van der Waals surface area contributed by atoms with E-state index in [1.54, 1.807) is 0 Å². The molecule has 4 heteroatoms. The Morgan fingerprint density at radius 3 is 2.58 bits per heavy atom. The standard InChI is InChI=1S/C20H30O4/c1-18(17-9-24-17)4-3-12-11(6-18)14(22)5-16-19(12,2)8-15(23)13-7-20(13,16)10-21/h3,11,13-17,21-23H,4-10H2,1-2H3/t11-,13+,14-,15-,16+,17-,18+,19+,20-/m1/s1. The van der Waals surface area contributed by atoms with Crippen molar-refractivity contribution in [2.45, 2.75) is 64.3 Å². The largest absolute Gasteiger partial charge is 0.396 e. The third kappa shape index (κ3) is 1.83. The smallest absolute Gasteiger partial charge is 0.0866 e. The van der Waals surface area contributed by atoms with Crippen molar-refractivity contribution in [3.8, 4) is 0 Å². The summed E-state index contributed by atoms with van der Waals surface area (Å²) in [5, 5.41) is 31.7. The van der Waals surface area contributed by atoms with Gasteiger partial charge in [0.1, 0.15) is 0 Å². The molecule has 0 aromatic carbocycles. The molecule has 5 aliphatic rings. The first-order valence-electron chi connectivity index (χ1n) is 9.63. The van der Waals surface area contributed by atoms with Gasteiger partial charge in [-0.05, 0) is 49.4 Å². The molecule has 0 amide bonds. The number of hydrogen-bond acceptors (Lipinski definition) is 4. The van der Waals surface area contributed by atoms with Crippen molar-refractivity contribution in [2.75, 3.05) is 13.2 Å². The summed E-state index contributed by atoms with van der Waals surface area (Å²) in [4.78, 5) is 0. The Kier molecular flexibility index (Phi) is 3.06. The van der Waals surface area contributed by atoms with Crippen LogP contribution in [0.3, 0.4) is 0 Å². The Morgan fingerprint density at radius 2 is 1.92 bits per heavy atom. The molecule has 9 atom stereocenters. The highest BCUT2D eigenvalue weighted by atomic mass is 16.6. The van der Waals surface area contributed by atoms with Gasteiger partial charge >= 0.3 is 0 Å². The summed E-state index contributed by atoms with van der Waals surface area (Å²) in [5.74, 6) is 0.716. The number of aliphatic hydroxyl groups is 3. The zero-order chi connectivity index (χ0) is 16.9. The highest BCUT2D eigenvalue weighted by molar-refractivity contribution is 5.33. The first kappa shape index (κ1) is 15.8. The lowest BCUT2D eigenvalue weighted by Crippen LogP contribution is -2.55. The first-order chi connectivity index (χ1) is 11.3. The number of ether oxygens (including phenoxy) is 1. The molecule has 134 valence electrons. The number of rotatable bonds is 2. The topological polar surface area (TPSA) is 73.2 Å². The molecule has 1 heterocycles. The molecule has 4 nitrogen and oxygen atoms in total. The molecule has 3 N–H and O–H groups in total. The van der Waals surface area contributed by atoms with Crippen LogP contribution in [0, 0.1) is 34.0 Å². The van der Waals surface area contributed by atoms with Crippen LogP contribution in [-0.4, -0.2) is 46.8 Å². The predicted octanol–water partition coefficient (Wildman–Crippen LogP) is 1.88. The molecule has 0 bridgehead atoms. The van der Waals surface area contributed by atoms with Crippen molar-refractivity contribution in [3.05, 3.63) is 11.6 Å². The minimum Gasteiger partial charge on any atom is -0.396 e. The van der Waals surface area contributed by atoms with Gasteiger partial charge in [0.2, 0.25) is 0 Å². The van der Waals surface area contributed by atoms with Crippen molar-refractivity contribution in [1.82, 2.24) is 0 Å². The quantitative estimate of drug-likeness (QED) is 0.532. The number of aliphatic hydroxyl groups excluding tert-OH is 3. The van der Waals surface area contributed by atoms with E-state index in [0.717, 1.165) is 38.7 Å². The van der Waals surface area contributed by atoms with Crippen molar-refractivity contribution in [1.29, 1.82) is 0 Å². The van der Waals surface area contributed by atoms with Gasteiger partial charge in [-0.1, -0.05) is 25.5 Å². The highest BCUT2D eigenvalue weighted by Crippen LogP contribution is 2.73. The highest BCUT2D eigenvalue weighted by Gasteiger charge is 2.71. The Morgan fingerprint density at radius 1 is 1.17 bits per heavy atom. The van der Waals surface area contributed by atoms with E-state index in [1.807, 2.05) is 0 Å². The second-order valence-electron chi connectivity index (χ2n) is 9.90. The van der Waals surface area contributed by atoms with E-state index >= 15 is 0 Å². The molecule has 1 saturated heterocycles. The maximum atomic E-state index is 11.0. The molecule has 3 saturated carbocycles. The van der Waals surface area contributed by atoms with Crippen LogP contribution >= 0.6 is 0 Å². The van der Waals surface area contributed by atoms with E-state index in [0.29, 0.717) is 12.0 Å². The predicted molar refractivity (Wildman–Crippen MR) is 89.1 cm³/mol. The lowest BCUT2D eigenvalue weighted by atomic mass is 9.48. The van der Waals surface area contributed by atoms with Gasteiger partial charge in [0.05, 0.1) is 24.9 Å². The Hall–Kier alpha value is -0.420. The van der Waals surface area contributed by atoms with Crippen LogP contribution in [0.5, 0.6) is 0 Å². The molecule has 4 aliphatic carbocycles. The molecule has 4 fully saturated rings. The van der Waals surface area contributed by atoms with E-state index in [2.05, 4.69) is 19.9 Å². The monoisotopic (exact) mass is 334 g/mol. The maximum absolute atomic E-state index is 11.0. The van der Waals surface area contributed by atoms with Gasteiger partial charge in [-0.2, -0.15) is 0 Å². The van der Waals surface area contributed by atoms with Gasteiger partial charge in [-0.3, -0.25) is 0 Å². The molecule has 0 unspecified atom stereocenters. The SMILES string of the molecule is C[C@]1([C@H]2CO2)CC=C2[C@@H](C1)[C@H](O)C[C@@H]1[C@@]3(CO)C[C@H]3[C@H](O)C[C@@]21C. The zero-order valence-electron chi connectivity index (χ0n) is 14.7. The first-order valence-corrected chi connectivity index (χ1v) is 9.63. The van der Waals surface area contributed by atoms with Crippen LogP contribution in [0.25, 0.3) is 0 Å². The van der Waals surface area contributed by atoms with Crippen molar-refractivity contribution in [3.63, 3.8) is 0 Å². The van der Waals surface area contributed by atoms with Crippen molar-refractivity contribution < 1.29 is 20.1 Å². The lowest BCUT2D eigenvalue weighted by Gasteiger charge is -2.58. The molecular weight excluding hydrogens is 304 g/mol. The summed E-state index contributed by atoms with van der Waals surface area (Å²) in [6.07, 6.45) is 6.54. The molecular formula is C20H30O4. The van der Waals surface area contributed by atoms with Gasteiger partial charge in [0.15, 0.2) is 0 Å². The molecule has 0 aromatic rings. The summed E-state index contributed by atoms with van der Waals surface area (Å²) in [5.41, 5.74) is 1.27. The van der Waals surface area contributed by atoms with Crippen LogP contribution in [0.1, 0.15) is 46.0 Å². The number of allylic oxidation sites excluding steroid dienone is 1. The average molecular weight is 334 g/mol. The summed E-state index contributed by atoms with van der Waals surface area (Å²) in [6.45, 7) is 5.58. The van der Waals surface area contributed by atoms with Crippen molar-refractivity contribution in [2.24, 2.45) is 34.0 Å². The Bertz CT molecular complexity index is 598. The van der Waals surface area contributed by atoms with Gasteiger partial charge in [-0.25, -0.2) is 0 Å². The summed E-state index contributed by atoms with van der Waals surface area (Å²) in [7, 11) is 0. The average Bonchev–Trinajstić information content (AvgIpc) is 3.43. The lowest BCUT2D eigenvalue weighted by molar-refractivity contribution is -0.0953. The molecule has 0 spiro atoms. The normalized spacial score (nSPS) is 61.3. The second-order valence-corrected chi connectivity index (χ2v) is 9.90. The molecule has 0 radical (unpaired) electrons. The van der Waals surface area contributed by atoms with Crippen LogP contribution in [0.4, 0.5) is 0 Å². The van der Waals surface area contributed by atoms with Crippen molar-refractivity contribution >= 4 is 0 Å². The van der Waals surface area contributed by atoms with E-state index in [9.17, 15) is 15.3 Å². The fourth-order valence-corrected chi connectivity index (χ4v) is 7.04. The maximum Gasteiger partial charge on any atom is 0.0866 e. The van der Waals surface area contributed by atoms with Crippen LogP contribution < -0.4 is 0 Å².